The molecule has 0 bridgehead atoms. The van der Waals surface area contributed by atoms with E-state index in [1.807, 2.05) is 30.0 Å². The Bertz CT molecular complexity index is 2320. The Morgan fingerprint density at radius 2 is 1.87 bits per heavy atom. The number of piperazine rings is 1. The summed E-state index contributed by atoms with van der Waals surface area (Å²) in [5, 5.41) is 17.3. The molecule has 0 atom stereocenters. The average Bonchev–Trinajstić information content (AvgIpc) is 3.60. The summed E-state index contributed by atoms with van der Waals surface area (Å²) in [6.07, 6.45) is -2.44. The van der Waals surface area contributed by atoms with Gasteiger partial charge in [-0.3, -0.25) is 14.4 Å². The number of ether oxygens (including phenoxy) is 1. The number of carbonyl (C=O) groups excluding carboxylic acids is 2. The minimum atomic E-state index is -4.62. The lowest BCUT2D eigenvalue weighted by molar-refractivity contribution is -0.137. The second-order valence-electron chi connectivity index (χ2n) is 12.6. The maximum atomic E-state index is 14.4. The van der Waals surface area contributed by atoms with Crippen molar-refractivity contribution < 1.29 is 32.6 Å². The molecule has 53 heavy (non-hydrogen) atoms. The van der Waals surface area contributed by atoms with Crippen LogP contribution in [0.4, 0.5) is 24.5 Å². The van der Waals surface area contributed by atoms with E-state index in [1.54, 1.807) is 11.5 Å². The fourth-order valence-corrected chi connectivity index (χ4v) is 6.91. The topological polar surface area (TPSA) is 160 Å². The summed E-state index contributed by atoms with van der Waals surface area (Å²) in [6.45, 7) is 4.72. The summed E-state index contributed by atoms with van der Waals surface area (Å²) < 4.78 is 48.2. The van der Waals surface area contributed by atoms with Gasteiger partial charge in [0.25, 0.3) is 11.5 Å². The van der Waals surface area contributed by atoms with E-state index in [9.17, 15) is 32.7 Å². The zero-order chi connectivity index (χ0) is 37.6. The molecule has 5 heterocycles. The fraction of sp³-hybridized carbons (Fsp3) is 0.343. The fourth-order valence-electron chi connectivity index (χ4n) is 6.68. The van der Waals surface area contributed by atoms with Crippen LogP contribution in [0.15, 0.2) is 47.5 Å². The molecule has 0 aliphatic carbocycles. The molecule has 0 unspecified atom stereocenters. The first-order valence-corrected chi connectivity index (χ1v) is 17.2. The number of fused-ring (bicyclic) bond motifs is 2. The lowest BCUT2D eigenvalue weighted by Gasteiger charge is -2.36. The first kappa shape index (κ1) is 35.8. The van der Waals surface area contributed by atoms with E-state index in [2.05, 4.69) is 20.4 Å². The Kier molecular flexibility index (Phi) is 9.54. The number of carbonyl (C=O) groups is 2. The molecular formula is C35H33ClF3N9O5. The lowest BCUT2D eigenvalue weighted by Crippen LogP contribution is -2.51. The van der Waals surface area contributed by atoms with E-state index in [4.69, 9.17) is 21.3 Å². The molecule has 3 aromatic heterocycles. The molecule has 276 valence electrons. The maximum absolute atomic E-state index is 14.4. The van der Waals surface area contributed by atoms with Crippen LogP contribution >= 0.6 is 11.6 Å². The second kappa shape index (κ2) is 14.1. The average molecular weight is 752 g/mol. The highest BCUT2D eigenvalue weighted by Gasteiger charge is 2.32. The summed E-state index contributed by atoms with van der Waals surface area (Å²) in [5.74, 6) is -1.09. The highest BCUT2D eigenvalue weighted by molar-refractivity contribution is 6.33. The number of benzene rings is 2. The van der Waals surface area contributed by atoms with Gasteiger partial charge in [-0.15, -0.1) is 5.10 Å². The molecule has 0 radical (unpaired) electrons. The van der Waals surface area contributed by atoms with Gasteiger partial charge in [-0.2, -0.15) is 22.7 Å². The van der Waals surface area contributed by atoms with Gasteiger partial charge in [0.15, 0.2) is 17.3 Å². The van der Waals surface area contributed by atoms with Crippen molar-refractivity contribution in [2.45, 2.75) is 46.0 Å². The summed E-state index contributed by atoms with van der Waals surface area (Å²) in [5.41, 5.74) is 2.03. The molecule has 2 N–H and O–H groups in total. The number of hydrogen-bond acceptors (Lipinski definition) is 10. The predicted octanol–water partition coefficient (Wildman–Crippen LogP) is 4.27. The Morgan fingerprint density at radius 3 is 2.58 bits per heavy atom. The third-order valence-corrected chi connectivity index (χ3v) is 9.71. The number of aryl methyl sites for hydroxylation is 1. The molecule has 18 heteroatoms. The molecule has 0 saturated carbocycles. The van der Waals surface area contributed by atoms with Crippen molar-refractivity contribution in [3.63, 3.8) is 0 Å². The third kappa shape index (κ3) is 6.77. The molecule has 1 fully saturated rings. The Hall–Kier alpha value is -5.55. The molecule has 2 amide bonds. The van der Waals surface area contributed by atoms with Crippen LogP contribution in [0.2, 0.25) is 5.02 Å². The summed E-state index contributed by atoms with van der Waals surface area (Å²) in [7, 11) is 0. The molecule has 1 saturated heterocycles. The van der Waals surface area contributed by atoms with Gasteiger partial charge in [-0.25, -0.2) is 9.97 Å². The van der Waals surface area contributed by atoms with Gasteiger partial charge in [0.1, 0.15) is 18.6 Å². The number of hydrogen-bond donors (Lipinski definition) is 2. The largest absolute Gasteiger partial charge is 0.504 e. The van der Waals surface area contributed by atoms with Gasteiger partial charge < -0.3 is 29.5 Å². The molecule has 2 aromatic carbocycles. The van der Waals surface area contributed by atoms with E-state index in [0.29, 0.717) is 30.9 Å². The van der Waals surface area contributed by atoms with Crippen LogP contribution in [-0.4, -0.2) is 83.7 Å². The van der Waals surface area contributed by atoms with E-state index in [1.165, 1.54) is 11.2 Å². The Morgan fingerprint density at radius 1 is 1.09 bits per heavy atom. The normalized spacial score (nSPS) is 14.8. The first-order valence-electron chi connectivity index (χ1n) is 16.8. The summed E-state index contributed by atoms with van der Waals surface area (Å²) in [6, 6.07) is 8.35. The van der Waals surface area contributed by atoms with Crippen LogP contribution in [0, 0.1) is 6.92 Å². The lowest BCUT2D eigenvalue weighted by atomic mass is 9.97. The highest BCUT2D eigenvalue weighted by atomic mass is 35.5. The van der Waals surface area contributed by atoms with Gasteiger partial charge in [0.05, 0.1) is 40.9 Å². The van der Waals surface area contributed by atoms with Gasteiger partial charge in [-0.1, -0.05) is 36.7 Å². The number of nitrogens with zero attached hydrogens (tertiary/aromatic N) is 8. The Balaban J connectivity index is 1.27. The highest BCUT2D eigenvalue weighted by Crippen LogP contribution is 2.34. The molecule has 2 aliphatic rings. The molecule has 2 aliphatic heterocycles. The van der Waals surface area contributed by atoms with Crippen molar-refractivity contribution in [3.8, 4) is 17.1 Å². The monoisotopic (exact) mass is 751 g/mol. The minimum Gasteiger partial charge on any atom is -0.504 e. The van der Waals surface area contributed by atoms with Crippen LogP contribution in [0.3, 0.4) is 0 Å². The van der Waals surface area contributed by atoms with E-state index < -0.39 is 35.7 Å². The van der Waals surface area contributed by atoms with E-state index in [-0.39, 0.29) is 77.7 Å². The summed E-state index contributed by atoms with van der Waals surface area (Å²) >= 11 is 6.15. The predicted molar refractivity (Wildman–Crippen MR) is 187 cm³/mol. The number of anilines is 2. The third-order valence-electron chi connectivity index (χ3n) is 9.40. The van der Waals surface area contributed by atoms with Crippen LogP contribution in [0.5, 0.6) is 5.75 Å². The van der Waals surface area contributed by atoms with Crippen molar-refractivity contribution in [1.82, 2.24) is 34.0 Å². The molecule has 14 nitrogen and oxygen atoms in total. The molecule has 0 spiro atoms. The second-order valence-corrected chi connectivity index (χ2v) is 13.0. The number of alkyl halides is 3. The maximum Gasteiger partial charge on any atom is 0.416 e. The molecule has 7 rings (SSSR count). The van der Waals surface area contributed by atoms with Gasteiger partial charge in [0.2, 0.25) is 11.7 Å². The number of aromatic nitrogens is 6. The standard InChI is InChI=1S/C35H33ClF3N9O5/c1-3-26-29(45-10-12-46(13-11-45)32(51)28-30(50)19(2)40-18-41-28)33(52)48-34(43-31(44-48)22-6-4-5-20-9-14-53-17-23(20)22)47(26)16-27(49)42-25-8-7-21(15-24(25)36)35(37,38)39/h4-8,15,18,50H,3,9-14,16-17H2,1-2H3,(H,42,49). The van der Waals surface area contributed by atoms with Gasteiger partial charge in [-0.05, 0) is 49.1 Å². The van der Waals surface area contributed by atoms with E-state index in [0.717, 1.165) is 33.8 Å². The SMILES string of the molecule is CCc1c(N2CCN(C(=O)c3ncnc(C)c3O)CC2)c(=O)n2nc(-c3cccc4c3COCC4)nc2n1CC(=O)Nc1ccc(C(F)(F)F)cc1Cl. The number of aromatic hydroxyl groups is 1. The van der Waals surface area contributed by atoms with Crippen LogP contribution in [-0.2, 0) is 41.7 Å². The first-order chi connectivity index (χ1) is 25.3. The quantitative estimate of drug-likeness (QED) is 0.246. The van der Waals surface area contributed by atoms with Crippen molar-refractivity contribution in [3.05, 3.63) is 91.9 Å². The smallest absolute Gasteiger partial charge is 0.416 e. The van der Waals surface area contributed by atoms with Crippen molar-refractivity contribution in [2.24, 2.45) is 0 Å². The summed E-state index contributed by atoms with van der Waals surface area (Å²) in [4.78, 5) is 57.3. The van der Waals surface area contributed by atoms with E-state index >= 15 is 0 Å². The zero-order valence-corrected chi connectivity index (χ0v) is 29.3. The number of halogens is 4. The number of rotatable bonds is 7. The van der Waals surface area contributed by atoms with Crippen molar-refractivity contribution in [1.29, 1.82) is 0 Å². The van der Waals surface area contributed by atoms with Crippen molar-refractivity contribution in [2.75, 3.05) is 43.0 Å². The van der Waals surface area contributed by atoms with Crippen LogP contribution in [0.25, 0.3) is 17.2 Å². The molecule has 5 aromatic rings. The van der Waals surface area contributed by atoms with Crippen LogP contribution < -0.4 is 15.8 Å². The van der Waals surface area contributed by atoms with Crippen molar-refractivity contribution >= 4 is 40.6 Å². The number of nitrogens with one attached hydrogen (secondary N) is 1. The van der Waals surface area contributed by atoms with Crippen LogP contribution in [0.1, 0.15) is 45.5 Å². The number of amides is 2. The zero-order valence-electron chi connectivity index (χ0n) is 28.6. The minimum absolute atomic E-state index is 0.0243. The van der Waals surface area contributed by atoms with Gasteiger partial charge in [0, 0.05) is 31.7 Å². The Labute approximate surface area is 304 Å². The van der Waals surface area contributed by atoms with Gasteiger partial charge >= 0.3 is 6.18 Å². The molecular weight excluding hydrogens is 719 g/mol.